The third-order valence-corrected chi connectivity index (χ3v) is 4.56. The largest absolute Gasteiger partial charge is 0.349 e. The molecule has 20 heavy (non-hydrogen) atoms. The second-order valence-corrected chi connectivity index (χ2v) is 6.07. The molecular formula is C15H19BrN2O2. The number of carbonyl (C=O) groups excluding carboxylic acids is 2. The Kier molecular flexibility index (Phi) is 4.81. The summed E-state index contributed by atoms with van der Waals surface area (Å²) >= 11 is 3.44. The number of carbonyl (C=O) groups is 2. The summed E-state index contributed by atoms with van der Waals surface area (Å²) in [4.78, 5) is 25.3. The molecule has 0 radical (unpaired) electrons. The molecule has 1 saturated heterocycles. The van der Waals surface area contributed by atoms with E-state index in [1.165, 1.54) is 0 Å². The molecule has 1 aliphatic heterocycles. The van der Waals surface area contributed by atoms with E-state index in [0.29, 0.717) is 5.56 Å². The Morgan fingerprint density at radius 3 is 2.50 bits per heavy atom. The van der Waals surface area contributed by atoms with Gasteiger partial charge in [-0.15, -0.1) is 0 Å². The first-order valence-electron chi connectivity index (χ1n) is 6.80. The number of nitrogens with one attached hydrogen (secondary N) is 1. The molecule has 0 saturated carbocycles. The zero-order valence-corrected chi connectivity index (χ0v) is 13.4. The number of hydrogen-bond donors (Lipinski definition) is 1. The maximum absolute atomic E-state index is 12.2. The SMILES string of the molecule is CC(=O)N1CCC(NC(=O)c2ccc(C)c(Br)c2)CC1. The Bertz CT molecular complexity index is 523. The van der Waals surface area contributed by atoms with Crippen LogP contribution >= 0.6 is 15.9 Å². The molecule has 0 spiro atoms. The molecule has 1 aliphatic rings. The number of likely N-dealkylation sites (tertiary alicyclic amines) is 1. The third kappa shape index (κ3) is 3.60. The van der Waals surface area contributed by atoms with Gasteiger partial charge in [0.1, 0.15) is 0 Å². The fourth-order valence-electron chi connectivity index (χ4n) is 2.34. The summed E-state index contributed by atoms with van der Waals surface area (Å²) in [6.07, 6.45) is 1.64. The minimum absolute atomic E-state index is 0.0491. The zero-order valence-electron chi connectivity index (χ0n) is 11.8. The van der Waals surface area contributed by atoms with E-state index in [4.69, 9.17) is 0 Å². The predicted octanol–water partition coefficient (Wildman–Crippen LogP) is 2.50. The van der Waals surface area contributed by atoms with E-state index in [-0.39, 0.29) is 17.9 Å². The van der Waals surface area contributed by atoms with Crippen molar-refractivity contribution in [2.45, 2.75) is 32.7 Å². The lowest BCUT2D eigenvalue weighted by molar-refractivity contribution is -0.129. The maximum Gasteiger partial charge on any atom is 0.251 e. The van der Waals surface area contributed by atoms with Crippen LogP contribution in [-0.2, 0) is 4.79 Å². The van der Waals surface area contributed by atoms with Crippen molar-refractivity contribution in [1.29, 1.82) is 0 Å². The van der Waals surface area contributed by atoms with Crippen molar-refractivity contribution in [2.24, 2.45) is 0 Å². The van der Waals surface area contributed by atoms with Gasteiger partial charge in [-0.3, -0.25) is 9.59 Å². The Morgan fingerprint density at radius 1 is 1.30 bits per heavy atom. The highest BCUT2D eigenvalue weighted by molar-refractivity contribution is 9.10. The smallest absolute Gasteiger partial charge is 0.251 e. The highest BCUT2D eigenvalue weighted by Gasteiger charge is 2.22. The van der Waals surface area contributed by atoms with Crippen molar-refractivity contribution in [3.8, 4) is 0 Å². The number of aryl methyl sites for hydroxylation is 1. The molecule has 1 heterocycles. The molecule has 2 rings (SSSR count). The van der Waals surface area contributed by atoms with Crippen LogP contribution in [0.1, 0.15) is 35.7 Å². The normalized spacial score (nSPS) is 16.1. The monoisotopic (exact) mass is 338 g/mol. The molecule has 5 heteroatoms. The number of piperidine rings is 1. The second kappa shape index (κ2) is 6.39. The van der Waals surface area contributed by atoms with E-state index in [1.54, 1.807) is 6.92 Å². The summed E-state index contributed by atoms with van der Waals surface area (Å²) in [5.74, 6) is 0.0595. The Hall–Kier alpha value is -1.36. The summed E-state index contributed by atoms with van der Waals surface area (Å²) in [5.41, 5.74) is 1.77. The molecule has 1 aromatic carbocycles. The van der Waals surface area contributed by atoms with E-state index in [9.17, 15) is 9.59 Å². The minimum atomic E-state index is -0.0491. The lowest BCUT2D eigenvalue weighted by Crippen LogP contribution is -2.46. The standard InChI is InChI=1S/C15H19BrN2O2/c1-10-3-4-12(9-14(10)16)15(20)17-13-5-7-18(8-6-13)11(2)19/h3-4,9,13H,5-8H2,1-2H3,(H,17,20). The number of nitrogens with zero attached hydrogens (tertiary/aromatic N) is 1. The fraction of sp³-hybridized carbons (Fsp3) is 0.467. The van der Waals surface area contributed by atoms with Crippen molar-refractivity contribution >= 4 is 27.7 Å². The van der Waals surface area contributed by atoms with Gasteiger partial charge in [-0.05, 0) is 37.5 Å². The molecule has 1 fully saturated rings. The molecule has 0 unspecified atom stereocenters. The predicted molar refractivity (Wildman–Crippen MR) is 81.6 cm³/mol. The van der Waals surface area contributed by atoms with Crippen molar-refractivity contribution in [3.05, 3.63) is 33.8 Å². The van der Waals surface area contributed by atoms with Crippen LogP contribution < -0.4 is 5.32 Å². The lowest BCUT2D eigenvalue weighted by atomic mass is 10.0. The summed E-state index contributed by atoms with van der Waals surface area (Å²) in [6, 6.07) is 5.76. The molecule has 0 aliphatic carbocycles. The van der Waals surface area contributed by atoms with Gasteiger partial charge in [0.2, 0.25) is 5.91 Å². The van der Waals surface area contributed by atoms with E-state index < -0.39 is 0 Å². The summed E-state index contributed by atoms with van der Waals surface area (Å²) in [7, 11) is 0. The van der Waals surface area contributed by atoms with Crippen LogP contribution in [0.5, 0.6) is 0 Å². The van der Waals surface area contributed by atoms with Gasteiger partial charge >= 0.3 is 0 Å². The van der Waals surface area contributed by atoms with Crippen LogP contribution in [0.15, 0.2) is 22.7 Å². The number of amides is 2. The number of benzene rings is 1. The summed E-state index contributed by atoms with van der Waals surface area (Å²) in [5, 5.41) is 3.04. The van der Waals surface area contributed by atoms with Gasteiger partial charge in [-0.25, -0.2) is 0 Å². The van der Waals surface area contributed by atoms with E-state index in [1.807, 2.05) is 30.0 Å². The molecule has 2 amide bonds. The van der Waals surface area contributed by atoms with Crippen molar-refractivity contribution in [2.75, 3.05) is 13.1 Å². The van der Waals surface area contributed by atoms with Crippen LogP contribution in [0.25, 0.3) is 0 Å². The first-order chi connectivity index (χ1) is 9.47. The second-order valence-electron chi connectivity index (χ2n) is 5.22. The van der Waals surface area contributed by atoms with Crippen LogP contribution in [0.3, 0.4) is 0 Å². The number of hydrogen-bond acceptors (Lipinski definition) is 2. The molecule has 4 nitrogen and oxygen atoms in total. The molecule has 0 atom stereocenters. The van der Waals surface area contributed by atoms with E-state index >= 15 is 0 Å². The first kappa shape index (κ1) is 15.0. The molecular weight excluding hydrogens is 320 g/mol. The van der Waals surface area contributed by atoms with Gasteiger partial charge in [-0.1, -0.05) is 22.0 Å². The van der Waals surface area contributed by atoms with Crippen LogP contribution in [-0.4, -0.2) is 35.8 Å². The first-order valence-corrected chi connectivity index (χ1v) is 7.59. The Balaban J connectivity index is 1.92. The van der Waals surface area contributed by atoms with Crippen molar-refractivity contribution in [1.82, 2.24) is 10.2 Å². The van der Waals surface area contributed by atoms with Gasteiger partial charge in [0, 0.05) is 36.1 Å². The Morgan fingerprint density at radius 2 is 1.95 bits per heavy atom. The van der Waals surface area contributed by atoms with Crippen LogP contribution in [0.4, 0.5) is 0 Å². The summed E-state index contributed by atoms with van der Waals surface area (Å²) < 4.78 is 0.941. The average molecular weight is 339 g/mol. The molecule has 0 aromatic heterocycles. The van der Waals surface area contributed by atoms with Crippen molar-refractivity contribution < 1.29 is 9.59 Å². The number of rotatable bonds is 2. The molecule has 0 bridgehead atoms. The van der Waals surface area contributed by atoms with Crippen LogP contribution in [0, 0.1) is 6.92 Å². The molecule has 1 aromatic rings. The van der Waals surface area contributed by atoms with Gasteiger partial charge < -0.3 is 10.2 Å². The third-order valence-electron chi connectivity index (χ3n) is 3.71. The molecule has 1 N–H and O–H groups in total. The van der Waals surface area contributed by atoms with Crippen molar-refractivity contribution in [3.63, 3.8) is 0 Å². The zero-order chi connectivity index (χ0) is 14.7. The van der Waals surface area contributed by atoms with Gasteiger partial charge in [-0.2, -0.15) is 0 Å². The minimum Gasteiger partial charge on any atom is -0.349 e. The number of halogens is 1. The van der Waals surface area contributed by atoms with Gasteiger partial charge in [0.05, 0.1) is 0 Å². The van der Waals surface area contributed by atoms with Crippen LogP contribution in [0.2, 0.25) is 0 Å². The van der Waals surface area contributed by atoms with Gasteiger partial charge in [0.15, 0.2) is 0 Å². The highest BCUT2D eigenvalue weighted by atomic mass is 79.9. The van der Waals surface area contributed by atoms with E-state index in [0.717, 1.165) is 36.0 Å². The Labute approximate surface area is 127 Å². The summed E-state index contributed by atoms with van der Waals surface area (Å²) in [6.45, 7) is 5.02. The highest BCUT2D eigenvalue weighted by Crippen LogP contribution is 2.18. The van der Waals surface area contributed by atoms with Gasteiger partial charge in [0.25, 0.3) is 5.91 Å². The van der Waals surface area contributed by atoms with E-state index in [2.05, 4.69) is 21.2 Å². The fourth-order valence-corrected chi connectivity index (χ4v) is 2.72. The average Bonchev–Trinajstić information content (AvgIpc) is 2.42. The molecule has 108 valence electrons. The maximum atomic E-state index is 12.2. The lowest BCUT2D eigenvalue weighted by Gasteiger charge is -2.31. The topological polar surface area (TPSA) is 49.4 Å². The quantitative estimate of drug-likeness (QED) is 0.900.